The predicted molar refractivity (Wildman–Crippen MR) is 95.4 cm³/mol. The van der Waals surface area contributed by atoms with Gasteiger partial charge in [0.25, 0.3) is 0 Å². The molecule has 5 nitrogen and oxygen atoms in total. The van der Waals surface area contributed by atoms with Crippen LogP contribution in [0.2, 0.25) is 0 Å². The number of nitrogens with zero attached hydrogens (tertiary/aromatic N) is 3. The molecule has 2 N–H and O–H groups in total. The molecule has 2 heterocycles. The molecule has 0 radical (unpaired) electrons. The number of nitrogens with two attached hydrogens (primary N) is 1. The van der Waals surface area contributed by atoms with Gasteiger partial charge in [-0.3, -0.25) is 9.69 Å². The van der Waals surface area contributed by atoms with E-state index in [1.165, 1.54) is 4.90 Å². The summed E-state index contributed by atoms with van der Waals surface area (Å²) in [6, 6.07) is 11.7. The molecule has 1 atom stereocenters. The van der Waals surface area contributed by atoms with Crippen molar-refractivity contribution in [1.82, 2.24) is 4.90 Å². The van der Waals surface area contributed by atoms with Crippen molar-refractivity contribution in [3.8, 4) is 17.2 Å². The van der Waals surface area contributed by atoms with Crippen molar-refractivity contribution < 1.29 is 4.79 Å². The Morgan fingerprint density at radius 2 is 2.21 bits per heavy atom. The molecule has 0 saturated heterocycles. The SMILES string of the molecule is CC[C@@]1(c2cc(-c3cccc(C#N)c3)cs2)CC(=O)N(C)C(N)=N1. The van der Waals surface area contributed by atoms with Crippen molar-refractivity contribution in [2.45, 2.75) is 25.3 Å². The Morgan fingerprint density at radius 3 is 2.88 bits per heavy atom. The summed E-state index contributed by atoms with van der Waals surface area (Å²) in [6.45, 7) is 2.02. The van der Waals surface area contributed by atoms with Gasteiger partial charge in [0.15, 0.2) is 5.96 Å². The molecule has 0 aliphatic carbocycles. The number of thiophene rings is 1. The molecule has 1 amide bonds. The summed E-state index contributed by atoms with van der Waals surface area (Å²) < 4.78 is 0. The number of hydrogen-bond donors (Lipinski definition) is 1. The van der Waals surface area contributed by atoms with Crippen LogP contribution in [0.5, 0.6) is 0 Å². The van der Waals surface area contributed by atoms with E-state index in [4.69, 9.17) is 11.0 Å². The van der Waals surface area contributed by atoms with E-state index in [0.29, 0.717) is 18.4 Å². The fraction of sp³-hybridized carbons (Fsp3) is 0.278. The first kappa shape index (κ1) is 16.2. The van der Waals surface area contributed by atoms with Crippen LogP contribution in [0.15, 0.2) is 40.7 Å². The molecule has 0 bridgehead atoms. The van der Waals surface area contributed by atoms with E-state index in [1.54, 1.807) is 24.5 Å². The van der Waals surface area contributed by atoms with Crippen LogP contribution in [0.3, 0.4) is 0 Å². The molecule has 0 unspecified atom stereocenters. The maximum Gasteiger partial charge on any atom is 0.231 e. The average Bonchev–Trinajstić information content (AvgIpc) is 3.10. The average molecular weight is 338 g/mol. The van der Waals surface area contributed by atoms with Crippen molar-refractivity contribution in [2.75, 3.05) is 7.05 Å². The quantitative estimate of drug-likeness (QED) is 0.933. The van der Waals surface area contributed by atoms with E-state index >= 15 is 0 Å². The topological polar surface area (TPSA) is 82.5 Å². The van der Waals surface area contributed by atoms with Crippen LogP contribution < -0.4 is 5.73 Å². The number of amides is 1. The number of carbonyl (C=O) groups is 1. The molecule has 3 rings (SSSR count). The highest BCUT2D eigenvalue weighted by Gasteiger charge is 2.39. The molecule has 0 saturated carbocycles. The van der Waals surface area contributed by atoms with Crippen LogP contribution in [-0.2, 0) is 10.3 Å². The lowest BCUT2D eigenvalue weighted by Gasteiger charge is -2.34. The molecule has 2 aromatic rings. The molecule has 0 fully saturated rings. The third-order valence-electron chi connectivity index (χ3n) is 4.46. The van der Waals surface area contributed by atoms with Gasteiger partial charge >= 0.3 is 0 Å². The second kappa shape index (κ2) is 6.10. The summed E-state index contributed by atoms with van der Waals surface area (Å²) in [5.41, 5.74) is 7.98. The van der Waals surface area contributed by atoms with Crippen LogP contribution in [0, 0.1) is 11.3 Å². The smallest absolute Gasteiger partial charge is 0.231 e. The standard InChI is InChI=1S/C18H18N4OS/c1-3-18(9-16(23)22(2)17(20)21-18)15-8-14(11-24-15)13-6-4-5-12(7-13)10-19/h4-8,11H,3,9H2,1-2H3,(H2,20,21)/t18-/m0/s1. The van der Waals surface area contributed by atoms with Crippen LogP contribution in [0.4, 0.5) is 0 Å². The summed E-state index contributed by atoms with van der Waals surface area (Å²) in [6.07, 6.45) is 1.02. The molecular weight excluding hydrogens is 320 g/mol. The van der Waals surface area contributed by atoms with Gasteiger partial charge in [-0.25, -0.2) is 4.99 Å². The highest BCUT2D eigenvalue weighted by atomic mass is 32.1. The Hall–Kier alpha value is -2.65. The van der Waals surface area contributed by atoms with Gasteiger partial charge in [-0.15, -0.1) is 11.3 Å². The lowest BCUT2D eigenvalue weighted by atomic mass is 9.88. The van der Waals surface area contributed by atoms with Crippen LogP contribution in [-0.4, -0.2) is 23.8 Å². The summed E-state index contributed by atoms with van der Waals surface area (Å²) in [7, 11) is 1.65. The minimum atomic E-state index is -0.594. The van der Waals surface area contributed by atoms with Crippen molar-refractivity contribution in [3.05, 3.63) is 46.2 Å². The zero-order valence-corrected chi connectivity index (χ0v) is 14.4. The van der Waals surface area contributed by atoms with Gasteiger partial charge in [0, 0.05) is 11.9 Å². The Kier molecular flexibility index (Phi) is 4.12. The fourth-order valence-electron chi connectivity index (χ4n) is 2.85. The lowest BCUT2D eigenvalue weighted by molar-refractivity contribution is -0.128. The van der Waals surface area contributed by atoms with Crippen molar-refractivity contribution in [1.29, 1.82) is 5.26 Å². The van der Waals surface area contributed by atoms with Gasteiger partial charge in [0.1, 0.15) is 5.54 Å². The molecule has 6 heteroatoms. The number of carbonyl (C=O) groups excluding carboxylic acids is 1. The Morgan fingerprint density at radius 1 is 1.42 bits per heavy atom. The van der Waals surface area contributed by atoms with Gasteiger partial charge in [-0.2, -0.15) is 5.26 Å². The molecule has 1 aromatic heterocycles. The van der Waals surface area contributed by atoms with Crippen molar-refractivity contribution >= 4 is 23.2 Å². The summed E-state index contributed by atoms with van der Waals surface area (Å²) >= 11 is 1.58. The van der Waals surface area contributed by atoms with Crippen LogP contribution >= 0.6 is 11.3 Å². The zero-order valence-electron chi connectivity index (χ0n) is 13.6. The number of aliphatic imine (C=N–C) groups is 1. The molecule has 0 spiro atoms. The van der Waals surface area contributed by atoms with Crippen LogP contribution in [0.25, 0.3) is 11.1 Å². The fourth-order valence-corrected chi connectivity index (χ4v) is 3.99. The number of rotatable bonds is 3. The Bertz CT molecular complexity index is 864. The molecule has 1 aliphatic rings. The predicted octanol–water partition coefficient (Wildman–Crippen LogP) is 3.07. The summed E-state index contributed by atoms with van der Waals surface area (Å²) in [5.74, 6) is 0.236. The maximum absolute atomic E-state index is 12.2. The number of hydrogen-bond acceptors (Lipinski definition) is 5. The third-order valence-corrected chi connectivity index (χ3v) is 5.58. The minimum absolute atomic E-state index is 0.0224. The molecule has 122 valence electrons. The first-order valence-electron chi connectivity index (χ1n) is 7.70. The molecule has 24 heavy (non-hydrogen) atoms. The normalized spacial score (nSPS) is 20.6. The van der Waals surface area contributed by atoms with E-state index in [2.05, 4.69) is 17.1 Å². The van der Waals surface area contributed by atoms with Crippen molar-refractivity contribution in [3.63, 3.8) is 0 Å². The lowest BCUT2D eigenvalue weighted by Crippen LogP contribution is -2.48. The van der Waals surface area contributed by atoms with E-state index in [1.807, 2.05) is 30.5 Å². The van der Waals surface area contributed by atoms with E-state index in [0.717, 1.165) is 16.0 Å². The molecule has 1 aromatic carbocycles. The van der Waals surface area contributed by atoms with E-state index < -0.39 is 5.54 Å². The monoisotopic (exact) mass is 338 g/mol. The molecule has 1 aliphatic heterocycles. The zero-order chi connectivity index (χ0) is 17.3. The first-order chi connectivity index (χ1) is 11.5. The number of guanidine groups is 1. The summed E-state index contributed by atoms with van der Waals surface area (Å²) in [4.78, 5) is 19.3. The van der Waals surface area contributed by atoms with E-state index in [-0.39, 0.29) is 11.9 Å². The van der Waals surface area contributed by atoms with Gasteiger partial charge in [-0.1, -0.05) is 19.1 Å². The van der Waals surface area contributed by atoms with Gasteiger partial charge in [-0.05, 0) is 41.1 Å². The number of benzene rings is 1. The van der Waals surface area contributed by atoms with Gasteiger partial charge in [0.05, 0.1) is 18.1 Å². The first-order valence-corrected chi connectivity index (χ1v) is 8.58. The maximum atomic E-state index is 12.2. The highest BCUT2D eigenvalue weighted by molar-refractivity contribution is 7.10. The molecular formula is C18H18N4OS. The Balaban J connectivity index is 2.03. The third kappa shape index (κ3) is 2.68. The summed E-state index contributed by atoms with van der Waals surface area (Å²) in [5, 5.41) is 11.1. The van der Waals surface area contributed by atoms with Gasteiger partial charge < -0.3 is 5.73 Å². The second-order valence-corrected chi connectivity index (χ2v) is 6.79. The van der Waals surface area contributed by atoms with Gasteiger partial charge in [0.2, 0.25) is 5.91 Å². The number of nitriles is 1. The minimum Gasteiger partial charge on any atom is -0.369 e. The largest absolute Gasteiger partial charge is 0.369 e. The van der Waals surface area contributed by atoms with Crippen LogP contribution in [0.1, 0.15) is 30.2 Å². The van der Waals surface area contributed by atoms with Crippen molar-refractivity contribution in [2.24, 2.45) is 10.7 Å². The second-order valence-electron chi connectivity index (χ2n) is 5.88. The highest BCUT2D eigenvalue weighted by Crippen LogP contribution is 2.41. The Labute approximate surface area is 145 Å². The van der Waals surface area contributed by atoms with E-state index in [9.17, 15) is 4.79 Å².